The molecule has 0 radical (unpaired) electrons. The molecule has 1 amide bonds. The SMILES string of the molecule is Cc1ccc(SCC(=O)Nc2ccc(F)cc2Cl)c(N)c1. The minimum atomic E-state index is -0.445. The Hall–Kier alpha value is -1.72. The van der Waals surface area contributed by atoms with E-state index in [2.05, 4.69) is 5.32 Å². The van der Waals surface area contributed by atoms with Gasteiger partial charge in [-0.2, -0.15) is 0 Å². The number of carbonyl (C=O) groups excluding carboxylic acids is 1. The van der Waals surface area contributed by atoms with Crippen molar-refractivity contribution < 1.29 is 9.18 Å². The number of anilines is 2. The summed E-state index contributed by atoms with van der Waals surface area (Å²) in [6.45, 7) is 1.95. The zero-order valence-electron chi connectivity index (χ0n) is 11.3. The molecule has 0 bridgehead atoms. The highest BCUT2D eigenvalue weighted by atomic mass is 35.5. The molecule has 6 heteroatoms. The Morgan fingerprint density at radius 1 is 1.33 bits per heavy atom. The number of amides is 1. The smallest absolute Gasteiger partial charge is 0.234 e. The fraction of sp³-hybridized carbons (Fsp3) is 0.133. The first-order valence-corrected chi connectivity index (χ1v) is 7.56. The van der Waals surface area contributed by atoms with Crippen molar-refractivity contribution in [3.05, 3.63) is 52.8 Å². The van der Waals surface area contributed by atoms with Crippen molar-refractivity contribution in [3.63, 3.8) is 0 Å². The number of hydrogen-bond donors (Lipinski definition) is 2. The third kappa shape index (κ3) is 4.37. The van der Waals surface area contributed by atoms with Crippen molar-refractivity contribution >= 4 is 40.6 Å². The molecule has 0 unspecified atom stereocenters. The van der Waals surface area contributed by atoms with E-state index >= 15 is 0 Å². The lowest BCUT2D eigenvalue weighted by Crippen LogP contribution is -2.14. The van der Waals surface area contributed by atoms with Gasteiger partial charge in [-0.25, -0.2) is 4.39 Å². The van der Waals surface area contributed by atoms with E-state index in [0.717, 1.165) is 16.5 Å². The monoisotopic (exact) mass is 324 g/mol. The van der Waals surface area contributed by atoms with Gasteiger partial charge in [0.25, 0.3) is 0 Å². The number of nitrogen functional groups attached to an aromatic ring is 1. The number of carbonyl (C=O) groups is 1. The highest BCUT2D eigenvalue weighted by Gasteiger charge is 2.08. The second-order valence-corrected chi connectivity index (χ2v) is 5.93. The van der Waals surface area contributed by atoms with Crippen molar-refractivity contribution in [2.24, 2.45) is 0 Å². The maximum Gasteiger partial charge on any atom is 0.234 e. The van der Waals surface area contributed by atoms with Crippen LogP contribution in [0, 0.1) is 12.7 Å². The van der Waals surface area contributed by atoms with E-state index in [1.807, 2.05) is 25.1 Å². The molecule has 0 fully saturated rings. The van der Waals surface area contributed by atoms with Crippen LogP contribution in [-0.4, -0.2) is 11.7 Å². The summed E-state index contributed by atoms with van der Waals surface area (Å²) in [5.41, 5.74) is 7.99. The quantitative estimate of drug-likeness (QED) is 0.657. The van der Waals surface area contributed by atoms with E-state index in [-0.39, 0.29) is 16.7 Å². The van der Waals surface area contributed by atoms with Crippen molar-refractivity contribution in [1.82, 2.24) is 0 Å². The van der Waals surface area contributed by atoms with Crippen LogP contribution in [-0.2, 0) is 4.79 Å². The van der Waals surface area contributed by atoms with E-state index in [4.69, 9.17) is 17.3 Å². The average molecular weight is 325 g/mol. The summed E-state index contributed by atoms with van der Waals surface area (Å²) in [5, 5.41) is 2.81. The van der Waals surface area contributed by atoms with Gasteiger partial charge in [0.05, 0.1) is 16.5 Å². The molecule has 0 aliphatic rings. The van der Waals surface area contributed by atoms with Crippen LogP contribution in [0.5, 0.6) is 0 Å². The zero-order chi connectivity index (χ0) is 15.4. The molecular weight excluding hydrogens is 311 g/mol. The molecule has 0 spiro atoms. The number of benzene rings is 2. The Morgan fingerprint density at radius 3 is 2.76 bits per heavy atom. The van der Waals surface area contributed by atoms with E-state index in [1.165, 1.54) is 23.9 Å². The van der Waals surface area contributed by atoms with E-state index < -0.39 is 5.82 Å². The highest BCUT2D eigenvalue weighted by molar-refractivity contribution is 8.00. The molecule has 2 aromatic rings. The van der Waals surface area contributed by atoms with Gasteiger partial charge in [-0.15, -0.1) is 11.8 Å². The lowest BCUT2D eigenvalue weighted by molar-refractivity contribution is -0.113. The topological polar surface area (TPSA) is 55.1 Å². The maximum atomic E-state index is 12.9. The second kappa shape index (κ2) is 6.83. The summed E-state index contributed by atoms with van der Waals surface area (Å²) in [6.07, 6.45) is 0. The third-order valence-electron chi connectivity index (χ3n) is 2.73. The Labute approximate surface area is 131 Å². The Morgan fingerprint density at radius 2 is 2.10 bits per heavy atom. The first-order valence-electron chi connectivity index (χ1n) is 6.19. The Balaban J connectivity index is 1.96. The van der Waals surface area contributed by atoms with E-state index in [1.54, 1.807) is 0 Å². The molecule has 2 aromatic carbocycles. The second-order valence-electron chi connectivity index (χ2n) is 4.50. The van der Waals surface area contributed by atoms with Crippen molar-refractivity contribution in [2.45, 2.75) is 11.8 Å². The highest BCUT2D eigenvalue weighted by Crippen LogP contribution is 2.27. The van der Waals surface area contributed by atoms with Crippen LogP contribution in [0.1, 0.15) is 5.56 Å². The molecule has 2 rings (SSSR count). The van der Waals surface area contributed by atoms with E-state index in [0.29, 0.717) is 11.4 Å². The molecular formula is C15H14ClFN2OS. The van der Waals surface area contributed by atoms with Crippen LogP contribution >= 0.6 is 23.4 Å². The van der Waals surface area contributed by atoms with Gasteiger partial charge in [0.1, 0.15) is 5.82 Å². The van der Waals surface area contributed by atoms with Gasteiger partial charge in [0.15, 0.2) is 0 Å². The van der Waals surface area contributed by atoms with Crippen LogP contribution in [0.3, 0.4) is 0 Å². The molecule has 0 heterocycles. The van der Waals surface area contributed by atoms with Crippen LogP contribution in [0.15, 0.2) is 41.3 Å². The average Bonchev–Trinajstić information content (AvgIpc) is 2.41. The van der Waals surface area contributed by atoms with Crippen LogP contribution in [0.2, 0.25) is 5.02 Å². The van der Waals surface area contributed by atoms with Crippen molar-refractivity contribution in [3.8, 4) is 0 Å². The molecule has 110 valence electrons. The Bertz CT molecular complexity index is 679. The van der Waals surface area contributed by atoms with Crippen LogP contribution in [0.25, 0.3) is 0 Å². The molecule has 3 N–H and O–H groups in total. The molecule has 0 atom stereocenters. The predicted octanol–water partition coefficient (Wildman–Crippen LogP) is 4.10. The fourth-order valence-electron chi connectivity index (χ4n) is 1.72. The third-order valence-corrected chi connectivity index (χ3v) is 4.13. The summed E-state index contributed by atoms with van der Waals surface area (Å²) in [5.74, 6) is -0.477. The molecule has 3 nitrogen and oxygen atoms in total. The predicted molar refractivity (Wildman–Crippen MR) is 86.4 cm³/mol. The Kier molecular flexibility index (Phi) is 5.09. The number of hydrogen-bond acceptors (Lipinski definition) is 3. The van der Waals surface area contributed by atoms with Gasteiger partial charge in [0, 0.05) is 10.6 Å². The van der Waals surface area contributed by atoms with Gasteiger partial charge < -0.3 is 11.1 Å². The van der Waals surface area contributed by atoms with Crippen LogP contribution < -0.4 is 11.1 Å². The summed E-state index contributed by atoms with van der Waals surface area (Å²) >= 11 is 7.19. The molecule has 0 saturated heterocycles. The number of rotatable bonds is 4. The number of thioether (sulfide) groups is 1. The van der Waals surface area contributed by atoms with Crippen molar-refractivity contribution in [2.75, 3.05) is 16.8 Å². The summed E-state index contributed by atoms with van der Waals surface area (Å²) in [4.78, 5) is 12.7. The molecule has 0 aliphatic carbocycles. The standard InChI is InChI=1S/C15H14ClFN2OS/c1-9-2-5-14(12(18)6-9)21-8-15(20)19-13-4-3-10(17)7-11(13)16/h2-7H,8,18H2,1H3,(H,19,20). The van der Waals surface area contributed by atoms with Gasteiger partial charge in [-0.3, -0.25) is 4.79 Å². The van der Waals surface area contributed by atoms with E-state index in [9.17, 15) is 9.18 Å². The van der Waals surface area contributed by atoms with Crippen LogP contribution in [0.4, 0.5) is 15.8 Å². The number of aryl methyl sites for hydroxylation is 1. The molecule has 21 heavy (non-hydrogen) atoms. The molecule has 0 saturated carbocycles. The van der Waals surface area contributed by atoms with Gasteiger partial charge >= 0.3 is 0 Å². The maximum absolute atomic E-state index is 12.9. The number of halogens is 2. The van der Waals surface area contributed by atoms with Gasteiger partial charge in [0.2, 0.25) is 5.91 Å². The minimum absolute atomic E-state index is 0.170. The number of nitrogens with two attached hydrogens (primary N) is 1. The lowest BCUT2D eigenvalue weighted by atomic mass is 10.2. The van der Waals surface area contributed by atoms with Crippen molar-refractivity contribution in [1.29, 1.82) is 0 Å². The zero-order valence-corrected chi connectivity index (χ0v) is 12.9. The summed E-state index contributed by atoms with van der Waals surface area (Å²) in [6, 6.07) is 9.51. The first-order chi connectivity index (χ1) is 9.95. The minimum Gasteiger partial charge on any atom is -0.398 e. The molecule has 0 aliphatic heterocycles. The largest absolute Gasteiger partial charge is 0.398 e. The summed E-state index contributed by atoms with van der Waals surface area (Å²) < 4.78 is 12.9. The number of nitrogens with one attached hydrogen (secondary N) is 1. The fourth-order valence-corrected chi connectivity index (χ4v) is 2.68. The van der Waals surface area contributed by atoms with Gasteiger partial charge in [-0.1, -0.05) is 17.7 Å². The van der Waals surface area contributed by atoms with Gasteiger partial charge in [-0.05, 0) is 42.8 Å². The first kappa shape index (κ1) is 15.7. The summed E-state index contributed by atoms with van der Waals surface area (Å²) in [7, 11) is 0. The lowest BCUT2D eigenvalue weighted by Gasteiger charge is -2.08. The normalized spacial score (nSPS) is 10.4. The molecule has 0 aromatic heterocycles.